The van der Waals surface area contributed by atoms with Crippen LogP contribution in [0.2, 0.25) is 0 Å². The van der Waals surface area contributed by atoms with Crippen LogP contribution in [0.5, 0.6) is 0 Å². The molecule has 2 saturated heterocycles. The van der Waals surface area contributed by atoms with Gasteiger partial charge in [0.15, 0.2) is 0 Å². The standard InChI is InChI=1S/C13H11F3O3/c14-13(15,16)8-3-1-2-7(4-8)12-5-9(19-6-12)10(12)11(17)18/h1-4,9-10H,5-6H2,(H,17,18)/t9-,10+,12-/m1/s1. The number of rotatable bonds is 2. The van der Waals surface area contributed by atoms with Gasteiger partial charge in [0, 0.05) is 5.41 Å². The molecule has 1 aliphatic carbocycles. The second kappa shape index (κ2) is 3.72. The summed E-state index contributed by atoms with van der Waals surface area (Å²) in [7, 11) is 0. The first-order chi connectivity index (χ1) is 8.84. The Kier molecular flexibility index (Phi) is 2.44. The highest BCUT2D eigenvalue weighted by Gasteiger charge is 2.65. The van der Waals surface area contributed by atoms with Crippen molar-refractivity contribution in [1.29, 1.82) is 0 Å². The third kappa shape index (κ3) is 1.66. The van der Waals surface area contributed by atoms with E-state index in [9.17, 15) is 18.0 Å². The molecule has 1 N–H and O–H groups in total. The van der Waals surface area contributed by atoms with E-state index < -0.39 is 29.0 Å². The Hall–Kier alpha value is -1.56. The summed E-state index contributed by atoms with van der Waals surface area (Å²) < 4.78 is 43.4. The Bertz CT molecular complexity index is 536. The summed E-state index contributed by atoms with van der Waals surface area (Å²) >= 11 is 0. The molecule has 1 aromatic carbocycles. The molecule has 2 heterocycles. The van der Waals surface area contributed by atoms with Crippen LogP contribution in [0.1, 0.15) is 17.5 Å². The van der Waals surface area contributed by atoms with Gasteiger partial charge in [-0.2, -0.15) is 13.2 Å². The fourth-order valence-electron chi connectivity index (χ4n) is 3.14. The molecule has 0 radical (unpaired) electrons. The van der Waals surface area contributed by atoms with Gasteiger partial charge in [0.25, 0.3) is 0 Å². The summed E-state index contributed by atoms with van der Waals surface area (Å²) in [6.45, 7) is 0.177. The smallest absolute Gasteiger partial charge is 0.416 e. The van der Waals surface area contributed by atoms with E-state index in [1.807, 2.05) is 0 Å². The van der Waals surface area contributed by atoms with Crippen LogP contribution in [0, 0.1) is 5.92 Å². The highest BCUT2D eigenvalue weighted by Crippen LogP contribution is 2.56. The zero-order chi connectivity index (χ0) is 13.8. The van der Waals surface area contributed by atoms with Crippen LogP contribution in [-0.2, 0) is 21.1 Å². The van der Waals surface area contributed by atoms with Crippen molar-refractivity contribution in [3.05, 3.63) is 35.4 Å². The molecule has 102 valence electrons. The average Bonchev–Trinajstić information content (AvgIpc) is 2.86. The summed E-state index contributed by atoms with van der Waals surface area (Å²) in [5.74, 6) is -1.75. The van der Waals surface area contributed by atoms with Crippen molar-refractivity contribution < 1.29 is 27.8 Å². The topological polar surface area (TPSA) is 46.5 Å². The average molecular weight is 272 g/mol. The molecular weight excluding hydrogens is 261 g/mol. The first kappa shape index (κ1) is 12.5. The normalized spacial score (nSPS) is 33.0. The lowest BCUT2D eigenvalue weighted by atomic mass is 9.57. The van der Waals surface area contributed by atoms with Crippen molar-refractivity contribution >= 4 is 5.97 Å². The van der Waals surface area contributed by atoms with Crippen molar-refractivity contribution in [2.75, 3.05) is 6.61 Å². The second-order valence-corrected chi connectivity index (χ2v) is 5.10. The Morgan fingerprint density at radius 2 is 2.16 bits per heavy atom. The van der Waals surface area contributed by atoms with Crippen LogP contribution in [0.4, 0.5) is 13.2 Å². The van der Waals surface area contributed by atoms with Crippen molar-refractivity contribution in [3.8, 4) is 0 Å². The number of alkyl halides is 3. The van der Waals surface area contributed by atoms with Crippen LogP contribution < -0.4 is 0 Å². The Morgan fingerprint density at radius 1 is 1.42 bits per heavy atom. The third-order valence-electron chi connectivity index (χ3n) is 4.12. The van der Waals surface area contributed by atoms with Gasteiger partial charge in [-0.3, -0.25) is 4.79 Å². The van der Waals surface area contributed by atoms with Crippen LogP contribution in [-0.4, -0.2) is 23.8 Å². The fourth-order valence-corrected chi connectivity index (χ4v) is 3.14. The highest BCUT2D eigenvalue weighted by atomic mass is 19.4. The number of aliphatic carboxylic acids is 1. The summed E-state index contributed by atoms with van der Waals surface area (Å²) in [6, 6.07) is 4.90. The Balaban J connectivity index is 2.01. The van der Waals surface area contributed by atoms with Crippen LogP contribution in [0.25, 0.3) is 0 Å². The third-order valence-corrected chi connectivity index (χ3v) is 4.12. The van der Waals surface area contributed by atoms with Gasteiger partial charge in [-0.15, -0.1) is 0 Å². The minimum Gasteiger partial charge on any atom is -0.481 e. The maximum Gasteiger partial charge on any atom is 0.416 e. The minimum atomic E-state index is -4.42. The van der Waals surface area contributed by atoms with Crippen LogP contribution in [0.15, 0.2) is 24.3 Å². The zero-order valence-corrected chi connectivity index (χ0v) is 9.78. The quantitative estimate of drug-likeness (QED) is 0.899. The first-order valence-electron chi connectivity index (χ1n) is 5.87. The monoisotopic (exact) mass is 272 g/mol. The predicted molar refractivity (Wildman–Crippen MR) is 58.6 cm³/mol. The lowest BCUT2D eigenvalue weighted by Crippen LogP contribution is -2.52. The number of fused-ring (bicyclic) bond motifs is 1. The van der Waals surface area contributed by atoms with Gasteiger partial charge in [-0.05, 0) is 18.1 Å². The molecule has 3 nitrogen and oxygen atoms in total. The van der Waals surface area contributed by atoms with E-state index >= 15 is 0 Å². The summed E-state index contributed by atoms with van der Waals surface area (Å²) in [5.41, 5.74) is -1.14. The molecule has 3 aliphatic rings. The number of hydrogen-bond donors (Lipinski definition) is 1. The van der Waals surface area contributed by atoms with Gasteiger partial charge < -0.3 is 9.84 Å². The van der Waals surface area contributed by atoms with Crippen molar-refractivity contribution in [2.45, 2.75) is 24.1 Å². The number of halogens is 3. The number of carboxylic acid groups (broad SMARTS) is 1. The predicted octanol–water partition coefficient (Wildman–Crippen LogP) is 2.45. The van der Waals surface area contributed by atoms with Crippen molar-refractivity contribution in [1.82, 2.24) is 0 Å². The number of carbonyl (C=O) groups is 1. The molecule has 0 amide bonds. The van der Waals surface area contributed by atoms with E-state index in [4.69, 9.17) is 9.84 Å². The minimum absolute atomic E-state index is 0.177. The second-order valence-electron chi connectivity index (χ2n) is 5.10. The number of benzene rings is 1. The van der Waals surface area contributed by atoms with E-state index in [1.54, 1.807) is 6.07 Å². The summed E-state index contributed by atoms with van der Waals surface area (Å²) in [5, 5.41) is 9.17. The Labute approximate surface area is 107 Å². The molecule has 19 heavy (non-hydrogen) atoms. The number of hydrogen-bond acceptors (Lipinski definition) is 2. The lowest BCUT2D eigenvalue weighted by molar-refractivity contribution is -0.150. The van der Waals surface area contributed by atoms with Gasteiger partial charge in [-0.1, -0.05) is 18.2 Å². The van der Waals surface area contributed by atoms with Crippen LogP contribution >= 0.6 is 0 Å². The zero-order valence-electron chi connectivity index (χ0n) is 9.78. The van der Waals surface area contributed by atoms with E-state index in [0.717, 1.165) is 12.1 Å². The largest absolute Gasteiger partial charge is 0.481 e. The maximum atomic E-state index is 12.7. The van der Waals surface area contributed by atoms with Crippen LogP contribution in [0.3, 0.4) is 0 Å². The molecule has 4 rings (SSSR count). The molecule has 2 bridgehead atoms. The van der Waals surface area contributed by atoms with Gasteiger partial charge in [0.05, 0.1) is 24.2 Å². The SMILES string of the molecule is O=C(O)[C@@H]1[C@H]2C[C@]1(c1cccc(C(F)(F)F)c1)CO2. The van der Waals surface area contributed by atoms with E-state index in [0.29, 0.717) is 12.0 Å². The van der Waals surface area contributed by atoms with E-state index in [1.165, 1.54) is 6.07 Å². The molecule has 3 fully saturated rings. The van der Waals surface area contributed by atoms with Gasteiger partial charge in [0.1, 0.15) is 0 Å². The molecule has 0 aromatic heterocycles. The molecule has 6 heteroatoms. The molecule has 1 aromatic rings. The number of ether oxygens (including phenoxy) is 1. The van der Waals surface area contributed by atoms with Crippen molar-refractivity contribution in [2.24, 2.45) is 5.92 Å². The van der Waals surface area contributed by atoms with Gasteiger partial charge in [0.2, 0.25) is 0 Å². The first-order valence-corrected chi connectivity index (χ1v) is 5.87. The molecule has 2 aliphatic heterocycles. The number of carboxylic acids is 1. The van der Waals surface area contributed by atoms with E-state index in [2.05, 4.69) is 0 Å². The summed E-state index contributed by atoms with van der Waals surface area (Å²) in [6.07, 6.45) is -4.31. The van der Waals surface area contributed by atoms with Crippen molar-refractivity contribution in [3.63, 3.8) is 0 Å². The molecule has 3 atom stereocenters. The molecular formula is C13H11F3O3. The maximum absolute atomic E-state index is 12.7. The van der Waals surface area contributed by atoms with Gasteiger partial charge >= 0.3 is 12.1 Å². The molecule has 0 spiro atoms. The molecule has 1 saturated carbocycles. The molecule has 0 unspecified atom stereocenters. The Morgan fingerprint density at radius 3 is 2.74 bits per heavy atom. The fraction of sp³-hybridized carbons (Fsp3) is 0.462. The summed E-state index contributed by atoms with van der Waals surface area (Å²) in [4.78, 5) is 11.2. The highest BCUT2D eigenvalue weighted by molar-refractivity contribution is 5.76. The van der Waals surface area contributed by atoms with Gasteiger partial charge in [-0.25, -0.2) is 0 Å². The van der Waals surface area contributed by atoms with E-state index in [-0.39, 0.29) is 12.7 Å². The lowest BCUT2D eigenvalue weighted by Gasteiger charge is -2.42.